The molecule has 1 N–H and O–H groups in total. The Morgan fingerprint density at radius 2 is 1.91 bits per heavy atom. The second-order valence-electron chi connectivity index (χ2n) is 5.44. The highest BCUT2D eigenvalue weighted by molar-refractivity contribution is 9.10. The van der Waals surface area contributed by atoms with Gasteiger partial charge in [0, 0.05) is 22.1 Å². The minimum atomic E-state index is 0.850. The lowest BCUT2D eigenvalue weighted by Crippen LogP contribution is -2.04. The summed E-state index contributed by atoms with van der Waals surface area (Å²) in [5.41, 5.74) is 4.31. The highest BCUT2D eigenvalue weighted by Crippen LogP contribution is 2.38. The molecule has 2 aromatic carbocycles. The fourth-order valence-electron chi connectivity index (χ4n) is 3.00. The van der Waals surface area contributed by atoms with Gasteiger partial charge in [-0.2, -0.15) is 5.10 Å². The third-order valence-corrected chi connectivity index (χ3v) is 4.61. The molecule has 1 aliphatic heterocycles. The van der Waals surface area contributed by atoms with Crippen LogP contribution in [-0.4, -0.2) is 23.4 Å². The van der Waals surface area contributed by atoms with Crippen LogP contribution in [0, 0.1) is 0 Å². The molecule has 0 saturated heterocycles. The van der Waals surface area contributed by atoms with E-state index in [9.17, 15) is 0 Å². The zero-order valence-corrected chi connectivity index (χ0v) is 14.3. The Morgan fingerprint density at radius 1 is 1.13 bits per heavy atom. The van der Waals surface area contributed by atoms with Gasteiger partial charge < -0.3 is 10.1 Å². The van der Waals surface area contributed by atoms with Crippen LogP contribution in [0.15, 0.2) is 53.0 Å². The molecule has 0 aliphatic carbocycles. The third-order valence-electron chi connectivity index (χ3n) is 4.08. The fourth-order valence-corrected chi connectivity index (χ4v) is 3.26. The molecule has 4 rings (SSSR count). The van der Waals surface area contributed by atoms with Crippen molar-refractivity contribution in [3.8, 4) is 22.7 Å². The van der Waals surface area contributed by atoms with Crippen LogP contribution in [0.1, 0.15) is 5.56 Å². The maximum absolute atomic E-state index is 5.51. The van der Waals surface area contributed by atoms with Gasteiger partial charge in [0.1, 0.15) is 17.3 Å². The number of methoxy groups -OCH3 is 1. The van der Waals surface area contributed by atoms with Crippen molar-refractivity contribution in [2.45, 2.75) is 6.42 Å². The van der Waals surface area contributed by atoms with Crippen LogP contribution >= 0.6 is 15.9 Å². The number of nitrogens with zero attached hydrogens (tertiary/aromatic N) is 2. The highest BCUT2D eigenvalue weighted by atomic mass is 79.9. The quantitative estimate of drug-likeness (QED) is 0.748. The smallest absolute Gasteiger partial charge is 0.133 e. The molecule has 0 fully saturated rings. The van der Waals surface area contributed by atoms with Gasteiger partial charge in [0.25, 0.3) is 0 Å². The molecule has 3 aromatic rings. The van der Waals surface area contributed by atoms with Crippen LogP contribution in [0.3, 0.4) is 0 Å². The lowest BCUT2D eigenvalue weighted by molar-refractivity contribution is 0.416. The Kier molecular flexibility index (Phi) is 3.58. The van der Waals surface area contributed by atoms with Crippen molar-refractivity contribution in [1.82, 2.24) is 9.78 Å². The van der Waals surface area contributed by atoms with Crippen LogP contribution in [-0.2, 0) is 6.42 Å². The number of benzene rings is 2. The molecule has 1 aromatic heterocycles. The van der Waals surface area contributed by atoms with Crippen molar-refractivity contribution >= 4 is 21.7 Å². The second-order valence-corrected chi connectivity index (χ2v) is 6.36. The van der Waals surface area contributed by atoms with Crippen molar-refractivity contribution in [3.05, 3.63) is 58.6 Å². The molecular formula is C18H16BrN3O. The molecule has 0 saturated carbocycles. The summed E-state index contributed by atoms with van der Waals surface area (Å²) >= 11 is 3.48. The molecule has 0 spiro atoms. The van der Waals surface area contributed by atoms with Crippen molar-refractivity contribution in [2.24, 2.45) is 0 Å². The van der Waals surface area contributed by atoms with Crippen molar-refractivity contribution < 1.29 is 4.74 Å². The van der Waals surface area contributed by atoms with E-state index >= 15 is 0 Å². The van der Waals surface area contributed by atoms with Gasteiger partial charge in [-0.3, -0.25) is 0 Å². The zero-order chi connectivity index (χ0) is 15.8. The lowest BCUT2D eigenvalue weighted by atomic mass is 10.1. The van der Waals surface area contributed by atoms with E-state index in [2.05, 4.69) is 39.4 Å². The molecular weight excluding hydrogens is 354 g/mol. The van der Waals surface area contributed by atoms with Gasteiger partial charge in [-0.05, 0) is 42.8 Å². The SMILES string of the molecule is COc1ccccc1-c1nn(-c2ccc(Br)cc2)c2c1CCN2. The van der Waals surface area contributed by atoms with Crippen LogP contribution in [0.25, 0.3) is 16.9 Å². The fraction of sp³-hybridized carbons (Fsp3) is 0.167. The average Bonchev–Trinajstić information content (AvgIpc) is 3.18. The molecule has 23 heavy (non-hydrogen) atoms. The number of ether oxygens (including phenoxy) is 1. The number of hydrogen-bond donors (Lipinski definition) is 1. The standard InChI is InChI=1S/C18H16BrN3O/c1-23-16-5-3-2-4-14(16)17-15-10-11-20-18(15)22(21-17)13-8-6-12(19)7-9-13/h2-9,20H,10-11H2,1H3. The Morgan fingerprint density at radius 3 is 2.70 bits per heavy atom. The Bertz CT molecular complexity index is 855. The predicted octanol–water partition coefficient (Wildman–Crippen LogP) is 4.28. The van der Waals surface area contributed by atoms with E-state index < -0.39 is 0 Å². The second kappa shape index (κ2) is 5.74. The lowest BCUT2D eigenvalue weighted by Gasteiger charge is -2.07. The maximum atomic E-state index is 5.51. The maximum Gasteiger partial charge on any atom is 0.133 e. The minimum Gasteiger partial charge on any atom is -0.496 e. The Labute approximate surface area is 143 Å². The van der Waals surface area contributed by atoms with Crippen LogP contribution in [0.4, 0.5) is 5.82 Å². The summed E-state index contributed by atoms with van der Waals surface area (Å²) in [6.07, 6.45) is 0.971. The molecule has 0 radical (unpaired) electrons. The van der Waals surface area contributed by atoms with E-state index in [1.165, 1.54) is 5.56 Å². The van der Waals surface area contributed by atoms with Crippen molar-refractivity contribution in [2.75, 3.05) is 19.0 Å². The van der Waals surface area contributed by atoms with E-state index in [0.717, 1.165) is 46.0 Å². The van der Waals surface area contributed by atoms with E-state index in [1.54, 1.807) is 7.11 Å². The Hall–Kier alpha value is -2.27. The molecule has 5 heteroatoms. The minimum absolute atomic E-state index is 0.850. The largest absolute Gasteiger partial charge is 0.496 e. The number of fused-ring (bicyclic) bond motifs is 1. The summed E-state index contributed by atoms with van der Waals surface area (Å²) in [6.45, 7) is 0.936. The summed E-state index contributed by atoms with van der Waals surface area (Å²) in [7, 11) is 1.70. The first-order valence-electron chi connectivity index (χ1n) is 7.53. The molecule has 0 unspecified atom stereocenters. The molecule has 116 valence electrons. The van der Waals surface area contributed by atoms with Gasteiger partial charge in [0.15, 0.2) is 0 Å². The summed E-state index contributed by atoms with van der Waals surface area (Å²) in [4.78, 5) is 0. The molecule has 0 atom stereocenters. The number of para-hydroxylation sites is 1. The molecule has 0 bridgehead atoms. The molecule has 1 aliphatic rings. The van der Waals surface area contributed by atoms with E-state index in [1.807, 2.05) is 35.0 Å². The average molecular weight is 370 g/mol. The summed E-state index contributed by atoms with van der Waals surface area (Å²) < 4.78 is 8.56. The predicted molar refractivity (Wildman–Crippen MR) is 95.4 cm³/mol. The number of halogens is 1. The Balaban J connectivity index is 1.90. The first-order valence-corrected chi connectivity index (χ1v) is 8.32. The van der Waals surface area contributed by atoms with Gasteiger partial charge in [-0.25, -0.2) is 4.68 Å². The van der Waals surface area contributed by atoms with Crippen LogP contribution in [0.2, 0.25) is 0 Å². The van der Waals surface area contributed by atoms with Crippen LogP contribution < -0.4 is 10.1 Å². The third kappa shape index (κ3) is 2.41. The highest BCUT2D eigenvalue weighted by Gasteiger charge is 2.25. The van der Waals surface area contributed by atoms with Crippen LogP contribution in [0.5, 0.6) is 5.75 Å². The van der Waals surface area contributed by atoms with Gasteiger partial charge in [0.2, 0.25) is 0 Å². The molecule has 4 nitrogen and oxygen atoms in total. The topological polar surface area (TPSA) is 39.1 Å². The molecule has 0 amide bonds. The number of nitrogens with one attached hydrogen (secondary N) is 1. The van der Waals surface area contributed by atoms with Crippen molar-refractivity contribution in [1.29, 1.82) is 0 Å². The number of anilines is 1. The van der Waals surface area contributed by atoms with Gasteiger partial charge >= 0.3 is 0 Å². The monoisotopic (exact) mass is 369 g/mol. The van der Waals surface area contributed by atoms with Crippen molar-refractivity contribution in [3.63, 3.8) is 0 Å². The zero-order valence-electron chi connectivity index (χ0n) is 12.7. The van der Waals surface area contributed by atoms with Gasteiger partial charge in [-0.15, -0.1) is 0 Å². The number of rotatable bonds is 3. The summed E-state index contributed by atoms with van der Waals surface area (Å²) in [5, 5.41) is 8.33. The van der Waals surface area contributed by atoms with Gasteiger partial charge in [-0.1, -0.05) is 28.1 Å². The summed E-state index contributed by atoms with van der Waals surface area (Å²) in [5.74, 6) is 1.93. The number of aromatic nitrogens is 2. The summed E-state index contributed by atoms with van der Waals surface area (Å²) in [6, 6.07) is 16.2. The first-order chi connectivity index (χ1) is 11.3. The normalized spacial score (nSPS) is 12.8. The van der Waals surface area contributed by atoms with Gasteiger partial charge in [0.05, 0.1) is 12.8 Å². The first kappa shape index (κ1) is 14.3. The van der Waals surface area contributed by atoms with E-state index in [0.29, 0.717) is 0 Å². The number of hydrogen-bond acceptors (Lipinski definition) is 3. The molecule has 2 heterocycles. The van der Waals surface area contributed by atoms with E-state index in [4.69, 9.17) is 9.84 Å². The van der Waals surface area contributed by atoms with E-state index in [-0.39, 0.29) is 0 Å².